The quantitative estimate of drug-likeness (QED) is 0.890. The van der Waals surface area contributed by atoms with Crippen molar-refractivity contribution in [2.45, 2.75) is 52.8 Å². The van der Waals surface area contributed by atoms with E-state index >= 15 is 0 Å². The van der Waals surface area contributed by atoms with Crippen LogP contribution in [0.1, 0.15) is 39.7 Å². The van der Waals surface area contributed by atoms with Gasteiger partial charge in [0, 0.05) is 25.7 Å². The molecule has 0 aromatic heterocycles. The van der Waals surface area contributed by atoms with Crippen molar-refractivity contribution < 1.29 is 9.47 Å². The highest BCUT2D eigenvalue weighted by Gasteiger charge is 2.33. The van der Waals surface area contributed by atoms with Gasteiger partial charge in [-0.05, 0) is 43.4 Å². The lowest BCUT2D eigenvalue weighted by Crippen LogP contribution is -2.52. The second-order valence-corrected chi connectivity index (χ2v) is 7.25. The summed E-state index contributed by atoms with van der Waals surface area (Å²) in [5.41, 5.74) is 7.64. The van der Waals surface area contributed by atoms with E-state index in [1.165, 1.54) is 5.56 Å². The van der Waals surface area contributed by atoms with E-state index in [-0.39, 0.29) is 23.9 Å². The van der Waals surface area contributed by atoms with Crippen molar-refractivity contribution in [3.05, 3.63) is 23.8 Å². The van der Waals surface area contributed by atoms with Crippen molar-refractivity contribution in [3.8, 4) is 11.5 Å². The topological polar surface area (TPSA) is 47.7 Å². The number of halogens is 1. The molecule has 0 amide bonds. The number of hydrogen-bond acceptors (Lipinski definition) is 4. The van der Waals surface area contributed by atoms with Crippen molar-refractivity contribution in [1.29, 1.82) is 0 Å². The molecule has 132 valence electrons. The van der Waals surface area contributed by atoms with E-state index in [1.807, 2.05) is 19.9 Å². The highest BCUT2D eigenvalue weighted by Crippen LogP contribution is 2.32. The lowest BCUT2D eigenvalue weighted by Gasteiger charge is -2.42. The van der Waals surface area contributed by atoms with Crippen LogP contribution in [0.3, 0.4) is 0 Å². The molecule has 1 unspecified atom stereocenters. The molecular weight excluding hydrogens is 312 g/mol. The van der Waals surface area contributed by atoms with Crippen LogP contribution in [0, 0.1) is 5.41 Å². The van der Waals surface area contributed by atoms with Crippen LogP contribution in [0.15, 0.2) is 18.2 Å². The fourth-order valence-electron chi connectivity index (χ4n) is 3.04. The van der Waals surface area contributed by atoms with E-state index in [9.17, 15) is 0 Å². The molecule has 1 aromatic rings. The molecule has 1 aromatic carbocycles. The van der Waals surface area contributed by atoms with Crippen LogP contribution in [0.2, 0.25) is 0 Å². The van der Waals surface area contributed by atoms with Crippen LogP contribution in [0.5, 0.6) is 11.5 Å². The van der Waals surface area contributed by atoms with Gasteiger partial charge in [0.25, 0.3) is 0 Å². The average molecular weight is 343 g/mol. The molecule has 4 nitrogen and oxygen atoms in total. The van der Waals surface area contributed by atoms with E-state index in [1.54, 1.807) is 7.11 Å². The molecule has 1 heterocycles. The van der Waals surface area contributed by atoms with Gasteiger partial charge in [-0.3, -0.25) is 4.90 Å². The predicted molar refractivity (Wildman–Crippen MR) is 97.7 cm³/mol. The first-order valence-corrected chi connectivity index (χ1v) is 8.13. The van der Waals surface area contributed by atoms with E-state index in [4.69, 9.17) is 15.2 Å². The Balaban J connectivity index is 0.00000264. The van der Waals surface area contributed by atoms with Crippen LogP contribution in [-0.4, -0.2) is 37.2 Å². The Hall–Kier alpha value is -0.970. The zero-order valence-corrected chi connectivity index (χ0v) is 15.8. The summed E-state index contributed by atoms with van der Waals surface area (Å²) in [5.74, 6) is 1.61. The third kappa shape index (κ3) is 5.27. The molecular formula is C18H31ClN2O2. The molecule has 2 N–H and O–H groups in total. The van der Waals surface area contributed by atoms with Gasteiger partial charge >= 0.3 is 0 Å². The smallest absolute Gasteiger partial charge is 0.161 e. The van der Waals surface area contributed by atoms with Crippen molar-refractivity contribution in [2.24, 2.45) is 11.1 Å². The van der Waals surface area contributed by atoms with Gasteiger partial charge in [-0.15, -0.1) is 12.4 Å². The van der Waals surface area contributed by atoms with Crippen molar-refractivity contribution >= 4 is 12.4 Å². The molecule has 1 fully saturated rings. The summed E-state index contributed by atoms with van der Waals surface area (Å²) in [5, 5.41) is 0. The number of nitrogens with two attached hydrogens (primary N) is 1. The SMILES string of the molecule is COc1cc(CN2CCC(N)C(C)(C)C2)ccc1OC(C)C.Cl. The van der Waals surface area contributed by atoms with Crippen LogP contribution >= 0.6 is 12.4 Å². The molecule has 1 saturated heterocycles. The fourth-order valence-corrected chi connectivity index (χ4v) is 3.04. The van der Waals surface area contributed by atoms with Crippen molar-refractivity contribution in [3.63, 3.8) is 0 Å². The monoisotopic (exact) mass is 342 g/mol. The van der Waals surface area contributed by atoms with Gasteiger partial charge < -0.3 is 15.2 Å². The number of hydrogen-bond donors (Lipinski definition) is 1. The van der Waals surface area contributed by atoms with Gasteiger partial charge in [-0.25, -0.2) is 0 Å². The Morgan fingerprint density at radius 2 is 2.00 bits per heavy atom. The summed E-state index contributed by atoms with van der Waals surface area (Å²) < 4.78 is 11.2. The van der Waals surface area contributed by atoms with E-state index in [0.717, 1.165) is 37.6 Å². The standard InChI is InChI=1S/C18H30N2O2.ClH/c1-13(2)22-15-7-6-14(10-16(15)21-5)11-20-9-8-17(19)18(3,4)12-20;/h6-7,10,13,17H,8-9,11-12,19H2,1-5H3;1H. The second-order valence-electron chi connectivity index (χ2n) is 7.25. The number of methoxy groups -OCH3 is 1. The molecule has 2 rings (SSSR count). The first-order valence-electron chi connectivity index (χ1n) is 8.13. The van der Waals surface area contributed by atoms with Crippen LogP contribution in [0.4, 0.5) is 0 Å². The summed E-state index contributed by atoms with van der Waals surface area (Å²) in [4.78, 5) is 2.47. The van der Waals surface area contributed by atoms with Crippen LogP contribution < -0.4 is 15.2 Å². The zero-order valence-electron chi connectivity index (χ0n) is 15.0. The predicted octanol–water partition coefficient (Wildman–Crippen LogP) is 3.46. The molecule has 1 aliphatic rings. The number of nitrogens with zero attached hydrogens (tertiary/aromatic N) is 1. The molecule has 5 heteroatoms. The average Bonchev–Trinajstić information content (AvgIpc) is 2.43. The second kappa shape index (κ2) is 8.22. The lowest BCUT2D eigenvalue weighted by molar-refractivity contribution is 0.0898. The highest BCUT2D eigenvalue weighted by molar-refractivity contribution is 5.85. The Labute approximate surface area is 146 Å². The summed E-state index contributed by atoms with van der Waals surface area (Å²) >= 11 is 0. The molecule has 0 bridgehead atoms. The Morgan fingerprint density at radius 3 is 2.57 bits per heavy atom. The highest BCUT2D eigenvalue weighted by atomic mass is 35.5. The minimum absolute atomic E-state index is 0. The molecule has 0 aliphatic carbocycles. The van der Waals surface area contributed by atoms with Gasteiger partial charge in [-0.1, -0.05) is 19.9 Å². The number of piperidine rings is 1. The Morgan fingerprint density at radius 1 is 1.30 bits per heavy atom. The number of likely N-dealkylation sites (tertiary alicyclic amines) is 1. The summed E-state index contributed by atoms with van der Waals surface area (Å²) in [6.45, 7) is 11.6. The maximum atomic E-state index is 6.22. The van der Waals surface area contributed by atoms with Gasteiger partial charge in [0.05, 0.1) is 13.2 Å². The maximum absolute atomic E-state index is 6.22. The molecule has 0 saturated carbocycles. The molecule has 23 heavy (non-hydrogen) atoms. The van der Waals surface area contributed by atoms with Gasteiger partial charge in [0.15, 0.2) is 11.5 Å². The van der Waals surface area contributed by atoms with Gasteiger partial charge in [-0.2, -0.15) is 0 Å². The Bertz CT molecular complexity index is 506. The number of ether oxygens (including phenoxy) is 2. The summed E-state index contributed by atoms with van der Waals surface area (Å²) in [6.07, 6.45) is 1.20. The van der Waals surface area contributed by atoms with E-state index in [0.29, 0.717) is 6.04 Å². The van der Waals surface area contributed by atoms with Crippen molar-refractivity contribution in [2.75, 3.05) is 20.2 Å². The number of benzene rings is 1. The largest absolute Gasteiger partial charge is 0.493 e. The molecule has 1 atom stereocenters. The van der Waals surface area contributed by atoms with Crippen LogP contribution in [-0.2, 0) is 6.54 Å². The summed E-state index contributed by atoms with van der Waals surface area (Å²) in [7, 11) is 1.69. The first-order chi connectivity index (χ1) is 10.3. The van der Waals surface area contributed by atoms with E-state index < -0.39 is 0 Å². The third-order valence-corrected chi connectivity index (χ3v) is 4.39. The van der Waals surface area contributed by atoms with Gasteiger partial charge in [0.2, 0.25) is 0 Å². The molecule has 0 radical (unpaired) electrons. The van der Waals surface area contributed by atoms with Crippen LogP contribution in [0.25, 0.3) is 0 Å². The minimum atomic E-state index is 0. The summed E-state index contributed by atoms with van der Waals surface area (Å²) in [6, 6.07) is 6.51. The lowest BCUT2D eigenvalue weighted by atomic mass is 9.79. The van der Waals surface area contributed by atoms with Gasteiger partial charge in [0.1, 0.15) is 0 Å². The zero-order chi connectivity index (χ0) is 16.3. The fraction of sp³-hybridized carbons (Fsp3) is 0.667. The first kappa shape index (κ1) is 20.1. The number of rotatable bonds is 5. The molecule has 0 spiro atoms. The third-order valence-electron chi connectivity index (χ3n) is 4.39. The van der Waals surface area contributed by atoms with E-state index in [2.05, 4.69) is 30.9 Å². The normalized spacial score (nSPS) is 20.9. The maximum Gasteiger partial charge on any atom is 0.161 e. The molecule has 1 aliphatic heterocycles. The minimum Gasteiger partial charge on any atom is -0.493 e. The van der Waals surface area contributed by atoms with Crippen molar-refractivity contribution in [1.82, 2.24) is 4.90 Å². The Kier molecular flexibility index (Phi) is 7.18.